The van der Waals surface area contributed by atoms with E-state index in [9.17, 15) is 13.2 Å². The zero-order valence-electron chi connectivity index (χ0n) is 36.2. The Bertz CT molecular complexity index is 2200. The molecular weight excluding hydrogens is 785 g/mol. The van der Waals surface area contributed by atoms with Crippen LogP contribution in [0.3, 0.4) is 0 Å². The molecule has 0 radical (unpaired) electrons. The summed E-state index contributed by atoms with van der Waals surface area (Å²) in [6.45, 7) is 10.5. The lowest BCUT2D eigenvalue weighted by molar-refractivity contribution is 0.252. The van der Waals surface area contributed by atoms with Gasteiger partial charge in [-0.15, -0.1) is 0 Å². The first-order chi connectivity index (χ1) is 29.8. The van der Waals surface area contributed by atoms with Gasteiger partial charge in [0.25, 0.3) is 0 Å². The lowest BCUT2D eigenvalue weighted by Gasteiger charge is -2.22. The number of hydrogen-bond acceptors (Lipinski definition) is 10. The number of fused-ring (bicyclic) bond motifs is 3. The van der Waals surface area contributed by atoms with E-state index in [1.165, 1.54) is 0 Å². The average Bonchev–Trinajstić information content (AvgIpc) is 3.26. The number of nitrogens with zero attached hydrogens (tertiary/aromatic N) is 1. The van der Waals surface area contributed by atoms with Crippen LogP contribution in [0.4, 0.5) is 16.2 Å². The second kappa shape index (κ2) is 26.2. The normalized spacial score (nSPS) is 11.8. The van der Waals surface area contributed by atoms with Crippen molar-refractivity contribution in [1.29, 1.82) is 0 Å². The van der Waals surface area contributed by atoms with Crippen LogP contribution < -0.4 is 53.0 Å². The molecule has 0 aliphatic carbocycles. The van der Waals surface area contributed by atoms with Gasteiger partial charge in [0.1, 0.15) is 0 Å². The molecule has 0 saturated carbocycles. The van der Waals surface area contributed by atoms with Crippen molar-refractivity contribution in [3.63, 3.8) is 0 Å². The minimum absolute atomic E-state index is 0.212. The molecule has 5 aromatic carbocycles. The number of nitrogens with two attached hydrogens (primary N) is 2. The number of rotatable bonds is 30. The Morgan fingerprint density at radius 3 is 1.72 bits per heavy atom. The summed E-state index contributed by atoms with van der Waals surface area (Å²) >= 11 is 0. The van der Waals surface area contributed by atoms with Crippen LogP contribution in [-0.2, 0) is 16.6 Å². The third-order valence-electron chi connectivity index (χ3n) is 10.8. The van der Waals surface area contributed by atoms with E-state index >= 15 is 0 Å². The van der Waals surface area contributed by atoms with Crippen LogP contribution >= 0.6 is 0 Å². The Morgan fingerprint density at radius 2 is 1.08 bits per heavy atom. The van der Waals surface area contributed by atoms with Crippen molar-refractivity contribution in [2.24, 2.45) is 11.5 Å². The number of anilines is 2. The summed E-state index contributed by atoms with van der Waals surface area (Å²) < 4.78 is 29.6. The van der Waals surface area contributed by atoms with Gasteiger partial charge in [0.2, 0.25) is 10.0 Å². The topological polar surface area (TPSA) is 191 Å². The van der Waals surface area contributed by atoms with Gasteiger partial charge in [-0.25, -0.2) is 17.9 Å². The van der Waals surface area contributed by atoms with E-state index in [0.717, 1.165) is 148 Å². The summed E-state index contributed by atoms with van der Waals surface area (Å²) in [6, 6.07) is 27.9. The highest BCUT2D eigenvalue weighted by Gasteiger charge is 2.18. The summed E-state index contributed by atoms with van der Waals surface area (Å²) in [5.74, 6) is 0. The molecule has 0 aromatic heterocycles. The second-order valence-electron chi connectivity index (χ2n) is 15.7. The molecule has 5 aromatic rings. The molecule has 0 bridgehead atoms. The zero-order valence-corrected chi connectivity index (χ0v) is 37.0. The van der Waals surface area contributed by atoms with Crippen LogP contribution in [0.2, 0.25) is 0 Å². The third-order valence-corrected chi connectivity index (χ3v) is 12.4. The molecule has 2 amide bonds. The first-order valence-electron chi connectivity index (χ1n) is 22.3. The Hall–Kier alpha value is -4.38. The van der Waals surface area contributed by atoms with E-state index in [1.54, 1.807) is 6.07 Å². The van der Waals surface area contributed by atoms with Gasteiger partial charge in [0, 0.05) is 43.1 Å². The Kier molecular flexibility index (Phi) is 20.5. The number of unbranched alkanes of at least 4 members (excludes halogenated alkanes) is 2. The molecule has 0 aliphatic heterocycles. The fourth-order valence-corrected chi connectivity index (χ4v) is 8.76. The van der Waals surface area contributed by atoms with Crippen LogP contribution in [0.5, 0.6) is 0 Å². The fraction of sp³-hybridized carbons (Fsp3) is 0.468. The van der Waals surface area contributed by atoms with Crippen molar-refractivity contribution < 1.29 is 13.2 Å². The molecule has 0 aliphatic rings. The van der Waals surface area contributed by atoms with Crippen LogP contribution in [0.25, 0.3) is 32.3 Å². The number of benzene rings is 5. The monoisotopic (exact) mass is 855 g/mol. The minimum atomic E-state index is -3.69. The Balaban J connectivity index is 1.11. The number of urea groups is 1. The lowest BCUT2D eigenvalue weighted by Crippen LogP contribution is -2.31. The van der Waals surface area contributed by atoms with Crippen molar-refractivity contribution in [2.45, 2.75) is 62.8 Å². The molecule has 0 unspecified atom stereocenters. The number of amides is 2. The van der Waals surface area contributed by atoms with E-state index in [-0.39, 0.29) is 6.03 Å². The standard InChI is InChI=1S/C47H70N10O3S/c1-57(41-19-20-42-37(33-41)15-8-18-46(42)61(59,60)55-32-12-30-53-26-5-3-24-51-28-10-22-49)36-40-16-6-13-38-35-44-39(34-43(38)40)14-7-17-45(44)56-47(58)54-31-11-29-52-25-4-2-23-50-27-9-21-48/h6-8,13-20,33-35,50-53,55H,2-5,9-12,21-32,36,48-49H2,1H3,(H2,54,56,58). The molecule has 13 nitrogen and oxygen atoms in total. The number of sulfonamides is 1. The van der Waals surface area contributed by atoms with Gasteiger partial charge in [-0.3, -0.25) is 0 Å². The smallest absolute Gasteiger partial charge is 0.319 e. The molecule has 332 valence electrons. The molecule has 14 heteroatoms. The van der Waals surface area contributed by atoms with E-state index in [1.807, 2.05) is 36.4 Å². The molecule has 0 spiro atoms. The van der Waals surface area contributed by atoms with E-state index < -0.39 is 10.0 Å². The Morgan fingerprint density at radius 1 is 0.557 bits per heavy atom. The van der Waals surface area contributed by atoms with E-state index in [2.05, 4.69) is 91.0 Å². The van der Waals surface area contributed by atoms with Crippen LogP contribution in [-0.4, -0.2) is 100 Å². The van der Waals surface area contributed by atoms with E-state index in [4.69, 9.17) is 11.5 Å². The third kappa shape index (κ3) is 15.5. The fourth-order valence-electron chi connectivity index (χ4n) is 7.46. The van der Waals surface area contributed by atoms with Gasteiger partial charge in [-0.1, -0.05) is 48.5 Å². The first kappa shape index (κ1) is 47.7. The highest BCUT2D eigenvalue weighted by atomic mass is 32.2. The van der Waals surface area contributed by atoms with Crippen LogP contribution in [0.1, 0.15) is 56.9 Å². The Labute approximate surface area is 363 Å². The van der Waals surface area contributed by atoms with Crippen molar-refractivity contribution in [3.05, 3.63) is 90.5 Å². The summed E-state index contributed by atoms with van der Waals surface area (Å²) in [5.41, 5.74) is 14.0. The van der Waals surface area contributed by atoms with Gasteiger partial charge in [-0.05, 0) is 180 Å². The lowest BCUT2D eigenvalue weighted by atomic mass is 9.98. The first-order valence-corrected chi connectivity index (χ1v) is 23.7. The summed E-state index contributed by atoms with van der Waals surface area (Å²) in [5, 5.41) is 25.5. The van der Waals surface area contributed by atoms with Gasteiger partial charge < -0.3 is 48.3 Å². The quantitative estimate of drug-likeness (QED) is 0.0208. The summed E-state index contributed by atoms with van der Waals surface area (Å²) in [7, 11) is -1.63. The highest BCUT2D eigenvalue weighted by molar-refractivity contribution is 7.89. The second-order valence-corrected chi connectivity index (χ2v) is 17.5. The number of hydrogen-bond donors (Lipinski definition) is 9. The van der Waals surface area contributed by atoms with Gasteiger partial charge >= 0.3 is 6.03 Å². The molecular formula is C47H70N10O3S. The van der Waals surface area contributed by atoms with Gasteiger partial charge in [0.05, 0.1) is 10.6 Å². The molecule has 0 atom stereocenters. The maximum atomic E-state index is 13.4. The SMILES string of the molecule is CN(Cc1cccc2cc3c(NC(=O)NCCCNCCCCNCCCN)cccc3cc12)c1ccc2c(S(=O)(=O)NCCCNCCCCNCCCN)cccc2c1. The predicted octanol–water partition coefficient (Wildman–Crippen LogP) is 5.58. The number of carbonyl (C=O) groups is 1. The summed E-state index contributed by atoms with van der Waals surface area (Å²) in [6.07, 6.45) is 8.00. The van der Waals surface area contributed by atoms with Crippen molar-refractivity contribution in [1.82, 2.24) is 31.3 Å². The molecule has 5 rings (SSSR count). The van der Waals surface area contributed by atoms with Gasteiger partial charge in [-0.2, -0.15) is 0 Å². The van der Waals surface area contributed by atoms with Crippen molar-refractivity contribution in [2.75, 3.05) is 95.8 Å². The van der Waals surface area contributed by atoms with Crippen LogP contribution in [0, 0.1) is 0 Å². The minimum Gasteiger partial charge on any atom is -0.370 e. The molecule has 0 fully saturated rings. The molecule has 0 heterocycles. The maximum Gasteiger partial charge on any atom is 0.319 e. The van der Waals surface area contributed by atoms with Crippen molar-refractivity contribution in [3.8, 4) is 0 Å². The largest absolute Gasteiger partial charge is 0.370 e. The number of carbonyl (C=O) groups excluding carboxylic acids is 1. The number of nitrogens with one attached hydrogen (secondary N) is 7. The molecule has 61 heavy (non-hydrogen) atoms. The zero-order chi connectivity index (χ0) is 43.1. The highest BCUT2D eigenvalue weighted by Crippen LogP contribution is 2.32. The predicted molar refractivity (Wildman–Crippen MR) is 256 cm³/mol. The summed E-state index contributed by atoms with van der Waals surface area (Å²) in [4.78, 5) is 15.4. The molecule has 0 saturated heterocycles. The van der Waals surface area contributed by atoms with E-state index in [0.29, 0.717) is 42.9 Å². The maximum absolute atomic E-state index is 13.4. The van der Waals surface area contributed by atoms with Crippen molar-refractivity contribution >= 4 is 59.7 Å². The van der Waals surface area contributed by atoms with Gasteiger partial charge in [0.15, 0.2) is 0 Å². The van der Waals surface area contributed by atoms with Crippen LogP contribution in [0.15, 0.2) is 89.8 Å². The molecule has 11 N–H and O–H groups in total. The average molecular weight is 855 g/mol.